The fraction of sp³-hybridized carbons (Fsp3) is 0.176. The van der Waals surface area contributed by atoms with E-state index < -0.39 is 43.9 Å². The maximum Gasteiger partial charge on any atom is 0.271 e. The van der Waals surface area contributed by atoms with Crippen molar-refractivity contribution in [3.8, 4) is 5.75 Å². The van der Waals surface area contributed by atoms with E-state index in [9.17, 15) is 26.8 Å². The van der Waals surface area contributed by atoms with Crippen molar-refractivity contribution >= 4 is 33.0 Å². The van der Waals surface area contributed by atoms with Crippen LogP contribution in [0.2, 0.25) is 0 Å². The second kappa shape index (κ2) is 5.49. The third-order valence-corrected chi connectivity index (χ3v) is 6.75. The number of ether oxygens (including phenoxy) is 1. The van der Waals surface area contributed by atoms with Crippen LogP contribution in [0.3, 0.4) is 0 Å². The van der Waals surface area contributed by atoms with E-state index >= 15 is 0 Å². The lowest BCUT2D eigenvalue weighted by Gasteiger charge is -2.31. The second-order valence-corrected chi connectivity index (χ2v) is 8.21. The lowest BCUT2D eigenvalue weighted by Crippen LogP contribution is -2.52. The van der Waals surface area contributed by atoms with Crippen LogP contribution >= 0.6 is 0 Å². The molecule has 2 aliphatic rings. The number of nitrogens with zero attached hydrogens (tertiary/aromatic N) is 1. The molecular weight excluding hydrogens is 382 g/mol. The molecule has 0 saturated carbocycles. The highest BCUT2D eigenvalue weighted by molar-refractivity contribution is 7.94. The first-order chi connectivity index (χ1) is 12.7. The Morgan fingerprint density at radius 2 is 1.85 bits per heavy atom. The van der Waals surface area contributed by atoms with Crippen LogP contribution < -0.4 is 15.0 Å². The van der Waals surface area contributed by atoms with Crippen molar-refractivity contribution in [3.63, 3.8) is 0 Å². The van der Waals surface area contributed by atoms with Gasteiger partial charge in [-0.1, -0.05) is 0 Å². The second-order valence-electron chi connectivity index (χ2n) is 6.10. The number of rotatable bonds is 2. The number of hydrogen-bond acceptors (Lipinski definition) is 5. The maximum absolute atomic E-state index is 13.8. The van der Waals surface area contributed by atoms with Gasteiger partial charge in [-0.2, -0.15) is 0 Å². The summed E-state index contributed by atoms with van der Waals surface area (Å²) >= 11 is 0. The fourth-order valence-electron chi connectivity index (χ4n) is 3.50. The Kier molecular flexibility index (Phi) is 3.54. The molecule has 1 spiro atoms. The molecule has 0 aromatic heterocycles. The van der Waals surface area contributed by atoms with Gasteiger partial charge in [-0.3, -0.25) is 14.5 Å². The summed E-state index contributed by atoms with van der Waals surface area (Å²) in [4.78, 5) is 23.7. The molecule has 27 heavy (non-hydrogen) atoms. The average Bonchev–Trinajstić information content (AvgIpc) is 3.02. The topological polar surface area (TPSA) is 92.8 Å². The van der Waals surface area contributed by atoms with Crippen molar-refractivity contribution in [2.75, 3.05) is 23.1 Å². The van der Waals surface area contributed by atoms with Gasteiger partial charge in [0, 0.05) is 23.0 Å². The number of anilines is 2. The highest BCUT2D eigenvalue weighted by atomic mass is 32.2. The van der Waals surface area contributed by atoms with E-state index in [2.05, 4.69) is 5.32 Å². The average molecular weight is 394 g/mol. The molecule has 2 aromatic rings. The third-order valence-electron chi connectivity index (χ3n) is 4.64. The maximum atomic E-state index is 13.8. The molecule has 0 radical (unpaired) electrons. The van der Waals surface area contributed by atoms with Crippen molar-refractivity contribution in [3.05, 3.63) is 53.6 Å². The lowest BCUT2D eigenvalue weighted by molar-refractivity contribution is -0.122. The predicted octanol–water partition coefficient (Wildman–Crippen LogP) is 1.54. The van der Waals surface area contributed by atoms with E-state index in [0.717, 1.165) is 12.1 Å². The van der Waals surface area contributed by atoms with Gasteiger partial charge >= 0.3 is 0 Å². The monoisotopic (exact) mass is 394 g/mol. The quantitative estimate of drug-likeness (QED) is 0.834. The van der Waals surface area contributed by atoms with Gasteiger partial charge < -0.3 is 10.1 Å². The van der Waals surface area contributed by atoms with E-state index in [0.29, 0.717) is 11.0 Å². The summed E-state index contributed by atoms with van der Waals surface area (Å²) in [6.07, 6.45) is 0. The number of nitrogens with one attached hydrogen (secondary N) is 1. The number of amides is 2. The Morgan fingerprint density at radius 1 is 1.11 bits per heavy atom. The smallest absolute Gasteiger partial charge is 0.271 e. The Bertz CT molecular complexity index is 1120. The largest absolute Gasteiger partial charge is 0.497 e. The van der Waals surface area contributed by atoms with E-state index in [-0.39, 0.29) is 22.7 Å². The summed E-state index contributed by atoms with van der Waals surface area (Å²) in [5.74, 6) is -5.02. The molecule has 0 aliphatic carbocycles. The molecule has 1 saturated heterocycles. The van der Waals surface area contributed by atoms with Crippen LogP contribution in [0, 0.1) is 11.6 Å². The zero-order valence-corrected chi connectivity index (χ0v) is 14.6. The van der Waals surface area contributed by atoms with Gasteiger partial charge in [0.05, 0.1) is 7.11 Å². The molecule has 4 rings (SSSR count). The van der Waals surface area contributed by atoms with E-state index in [1.807, 2.05) is 0 Å². The van der Waals surface area contributed by atoms with Gasteiger partial charge in [-0.25, -0.2) is 17.2 Å². The minimum absolute atomic E-state index is 0.0116. The summed E-state index contributed by atoms with van der Waals surface area (Å²) < 4.78 is 58.1. The van der Waals surface area contributed by atoms with Gasteiger partial charge in [-0.15, -0.1) is 0 Å². The molecule has 140 valence electrons. The van der Waals surface area contributed by atoms with E-state index in [4.69, 9.17) is 4.74 Å². The number of carbonyl (C=O) groups excluding carboxylic acids is 2. The van der Waals surface area contributed by atoms with Crippen LogP contribution in [0.1, 0.15) is 5.56 Å². The normalized spacial score (nSPS) is 22.9. The molecule has 1 atom stereocenters. The first kappa shape index (κ1) is 17.4. The zero-order chi connectivity index (χ0) is 19.6. The van der Waals surface area contributed by atoms with Crippen molar-refractivity contribution in [2.45, 2.75) is 4.87 Å². The van der Waals surface area contributed by atoms with Crippen molar-refractivity contribution < 1.29 is 31.5 Å². The molecule has 1 unspecified atom stereocenters. The van der Waals surface area contributed by atoms with Crippen LogP contribution in [0.25, 0.3) is 0 Å². The highest BCUT2D eigenvalue weighted by Gasteiger charge is 2.68. The Hall–Kier alpha value is -3.01. The van der Waals surface area contributed by atoms with E-state index in [1.54, 1.807) is 0 Å². The molecule has 2 aliphatic heterocycles. The van der Waals surface area contributed by atoms with Crippen LogP contribution in [-0.4, -0.2) is 33.1 Å². The summed E-state index contributed by atoms with van der Waals surface area (Å²) in [6, 6.07) is 6.78. The Balaban J connectivity index is 2.05. The van der Waals surface area contributed by atoms with Crippen molar-refractivity contribution in [2.24, 2.45) is 0 Å². The summed E-state index contributed by atoms with van der Waals surface area (Å²) in [5.41, 5.74) is -0.0695. The zero-order valence-electron chi connectivity index (χ0n) is 13.8. The summed E-state index contributed by atoms with van der Waals surface area (Å²) in [7, 11) is -2.99. The molecule has 2 amide bonds. The lowest BCUT2D eigenvalue weighted by atomic mass is 10.0. The minimum atomic E-state index is -4.35. The predicted molar refractivity (Wildman–Crippen MR) is 90.9 cm³/mol. The number of hydrogen-bond donors (Lipinski definition) is 1. The summed E-state index contributed by atoms with van der Waals surface area (Å²) in [6.45, 7) is 0. The fourth-order valence-corrected chi connectivity index (χ4v) is 5.48. The van der Waals surface area contributed by atoms with Gasteiger partial charge in [0.25, 0.3) is 10.8 Å². The number of carbonyl (C=O) groups is 2. The molecule has 0 bridgehead atoms. The highest BCUT2D eigenvalue weighted by Crippen LogP contribution is 2.51. The number of methoxy groups -OCH3 is 1. The molecule has 7 nitrogen and oxygen atoms in total. The number of halogens is 2. The van der Waals surface area contributed by atoms with Crippen LogP contribution in [0.15, 0.2) is 36.4 Å². The van der Waals surface area contributed by atoms with Gasteiger partial charge in [0.1, 0.15) is 11.5 Å². The SMILES string of the molecule is COc1ccc2c(c1)C1(C(=O)N2)N(c2ccc(F)c(F)c2)C(=O)CS1(=O)=O. The number of fused-ring (bicyclic) bond motifs is 2. The first-order valence-corrected chi connectivity index (χ1v) is 9.38. The molecule has 1 fully saturated rings. The number of benzene rings is 2. The molecule has 2 aromatic carbocycles. The van der Waals surface area contributed by atoms with Gasteiger partial charge in [0.15, 0.2) is 21.5 Å². The standard InChI is InChI=1S/C17H12F2N2O5S/c1-26-10-3-5-14-11(7-10)17(16(23)20-14)21(15(22)8-27(17,24)25)9-2-4-12(18)13(19)6-9/h2-7H,8H2,1H3,(H,20,23). The molecule has 10 heteroatoms. The summed E-state index contributed by atoms with van der Waals surface area (Å²) in [5, 5.41) is 2.45. The van der Waals surface area contributed by atoms with Gasteiger partial charge in [-0.05, 0) is 30.3 Å². The molecular formula is C17H12F2N2O5S. The third kappa shape index (κ3) is 2.13. The Morgan fingerprint density at radius 3 is 2.52 bits per heavy atom. The minimum Gasteiger partial charge on any atom is -0.497 e. The molecule has 1 N–H and O–H groups in total. The van der Waals surface area contributed by atoms with Crippen LogP contribution in [0.5, 0.6) is 5.75 Å². The van der Waals surface area contributed by atoms with Gasteiger partial charge in [0.2, 0.25) is 5.91 Å². The van der Waals surface area contributed by atoms with Crippen LogP contribution in [-0.2, 0) is 24.3 Å². The molecule has 2 heterocycles. The first-order valence-electron chi connectivity index (χ1n) is 7.73. The van der Waals surface area contributed by atoms with E-state index in [1.165, 1.54) is 25.3 Å². The van der Waals surface area contributed by atoms with Crippen molar-refractivity contribution in [1.29, 1.82) is 0 Å². The number of sulfone groups is 1. The van der Waals surface area contributed by atoms with Crippen LogP contribution in [0.4, 0.5) is 20.2 Å². The Labute approximate surface area is 152 Å². The van der Waals surface area contributed by atoms with Crippen molar-refractivity contribution in [1.82, 2.24) is 0 Å².